The number of rotatable bonds is 6. The lowest BCUT2D eigenvalue weighted by atomic mass is 10.2. The minimum absolute atomic E-state index is 0.0580. The van der Waals surface area contributed by atoms with Gasteiger partial charge in [0.05, 0.1) is 0 Å². The van der Waals surface area contributed by atoms with Gasteiger partial charge in [0.2, 0.25) is 0 Å². The first kappa shape index (κ1) is 18.7. The first-order valence-corrected chi connectivity index (χ1v) is 7.47. The lowest BCUT2D eigenvalue weighted by molar-refractivity contribution is -0.171. The molecule has 130 valence electrons. The van der Waals surface area contributed by atoms with E-state index in [9.17, 15) is 19.2 Å². The number of nitrogens with one attached hydrogen (secondary N) is 2. The van der Waals surface area contributed by atoms with Crippen LogP contribution < -0.4 is 10.6 Å². The number of hydrogen-bond donors (Lipinski definition) is 2. The predicted octanol–water partition coefficient (Wildman–Crippen LogP) is 1.08. The number of unbranched alkanes of at least 4 members (excludes halogenated alkanes) is 1. The van der Waals surface area contributed by atoms with Crippen LogP contribution in [0.3, 0.4) is 0 Å². The average Bonchev–Trinajstić information content (AvgIpc) is 2.72. The molecular weight excluding hydrogens is 306 g/mol. The van der Waals surface area contributed by atoms with Gasteiger partial charge in [-0.05, 0) is 33.6 Å². The van der Waals surface area contributed by atoms with E-state index >= 15 is 0 Å². The maximum Gasteiger partial charge on any atom is 0.432 e. The summed E-state index contributed by atoms with van der Waals surface area (Å²) in [4.78, 5) is 49.9. The number of ether oxygens (including phenoxy) is 1. The number of nitrogens with zero attached hydrogens (tertiary/aromatic N) is 1. The van der Waals surface area contributed by atoms with E-state index < -0.39 is 29.6 Å². The van der Waals surface area contributed by atoms with Crippen LogP contribution in [-0.4, -0.2) is 47.8 Å². The Bertz CT molecular complexity index is 456. The van der Waals surface area contributed by atoms with E-state index in [0.717, 1.165) is 0 Å². The second kappa shape index (κ2) is 8.35. The van der Waals surface area contributed by atoms with Crippen molar-refractivity contribution >= 4 is 24.0 Å². The van der Waals surface area contributed by atoms with Crippen molar-refractivity contribution in [2.45, 2.75) is 52.1 Å². The fourth-order valence-electron chi connectivity index (χ4n) is 1.72. The second-order valence-corrected chi connectivity index (χ2v) is 6.02. The Morgan fingerprint density at radius 2 is 1.48 bits per heavy atom. The molecule has 0 saturated carbocycles. The van der Waals surface area contributed by atoms with E-state index in [2.05, 4.69) is 15.5 Å². The molecule has 2 N–H and O–H groups in total. The molecule has 9 heteroatoms. The zero-order chi connectivity index (χ0) is 17.5. The second-order valence-electron chi connectivity index (χ2n) is 6.02. The molecule has 0 radical (unpaired) electrons. The average molecular weight is 329 g/mol. The molecule has 0 aromatic rings. The molecule has 0 unspecified atom stereocenters. The summed E-state index contributed by atoms with van der Waals surface area (Å²) in [5.41, 5.74) is -0.542. The Kier molecular flexibility index (Phi) is 6.80. The third-order valence-electron chi connectivity index (χ3n) is 2.72. The Morgan fingerprint density at radius 3 is 1.96 bits per heavy atom. The summed E-state index contributed by atoms with van der Waals surface area (Å²) in [5, 5.41) is 5.51. The van der Waals surface area contributed by atoms with Gasteiger partial charge >= 0.3 is 12.2 Å². The highest BCUT2D eigenvalue weighted by Crippen LogP contribution is 2.11. The van der Waals surface area contributed by atoms with Crippen molar-refractivity contribution in [1.29, 1.82) is 0 Å². The Balaban J connectivity index is 2.06. The molecule has 1 aliphatic rings. The Morgan fingerprint density at radius 1 is 1.00 bits per heavy atom. The van der Waals surface area contributed by atoms with Gasteiger partial charge < -0.3 is 20.2 Å². The van der Waals surface area contributed by atoms with E-state index in [4.69, 9.17) is 4.74 Å². The number of amides is 4. The molecule has 0 aliphatic carbocycles. The lowest BCUT2D eigenvalue weighted by Gasteiger charge is -2.19. The molecule has 0 aromatic carbocycles. The van der Waals surface area contributed by atoms with Crippen LogP contribution in [-0.2, 0) is 19.2 Å². The van der Waals surface area contributed by atoms with Gasteiger partial charge in [0.15, 0.2) is 0 Å². The van der Waals surface area contributed by atoms with Crippen LogP contribution in [0.25, 0.3) is 0 Å². The lowest BCUT2D eigenvalue weighted by Crippen LogP contribution is -2.37. The third kappa shape index (κ3) is 7.48. The van der Waals surface area contributed by atoms with Crippen molar-refractivity contribution in [3.05, 3.63) is 0 Å². The summed E-state index contributed by atoms with van der Waals surface area (Å²) >= 11 is 0. The quantitative estimate of drug-likeness (QED) is 0.557. The van der Waals surface area contributed by atoms with Crippen molar-refractivity contribution in [3.63, 3.8) is 0 Å². The SMILES string of the molecule is CC(C)(C)OC(=O)NCCCCNC(=O)ON1C(=O)CCC1=O. The van der Waals surface area contributed by atoms with E-state index in [1.807, 2.05) is 0 Å². The number of imide groups is 1. The Labute approximate surface area is 134 Å². The fourth-order valence-corrected chi connectivity index (χ4v) is 1.72. The summed E-state index contributed by atoms with van der Waals surface area (Å²) in [6.07, 6.45) is -0.0108. The molecule has 0 bridgehead atoms. The molecular formula is C14H23N3O6. The fraction of sp³-hybridized carbons (Fsp3) is 0.714. The number of alkyl carbamates (subject to hydrolysis) is 1. The van der Waals surface area contributed by atoms with Crippen molar-refractivity contribution in [3.8, 4) is 0 Å². The van der Waals surface area contributed by atoms with E-state index in [0.29, 0.717) is 31.0 Å². The molecule has 0 atom stereocenters. The maximum absolute atomic E-state index is 11.4. The molecule has 4 amide bonds. The van der Waals surface area contributed by atoms with Crippen LogP contribution in [0, 0.1) is 0 Å². The van der Waals surface area contributed by atoms with Gasteiger partial charge in [-0.3, -0.25) is 9.59 Å². The van der Waals surface area contributed by atoms with Gasteiger partial charge in [-0.15, -0.1) is 5.06 Å². The first-order chi connectivity index (χ1) is 10.7. The highest BCUT2D eigenvalue weighted by atomic mass is 16.7. The van der Waals surface area contributed by atoms with E-state index in [-0.39, 0.29) is 12.8 Å². The molecule has 23 heavy (non-hydrogen) atoms. The summed E-state index contributed by atoms with van der Waals surface area (Å²) in [5.74, 6) is -1.04. The van der Waals surface area contributed by atoms with Crippen LogP contribution in [0.1, 0.15) is 46.5 Å². The van der Waals surface area contributed by atoms with Crippen molar-refractivity contribution < 1.29 is 28.8 Å². The van der Waals surface area contributed by atoms with Crippen LogP contribution in [0.5, 0.6) is 0 Å². The number of carbonyl (C=O) groups is 4. The van der Waals surface area contributed by atoms with Gasteiger partial charge in [-0.1, -0.05) is 0 Å². The highest BCUT2D eigenvalue weighted by molar-refractivity contribution is 6.01. The first-order valence-electron chi connectivity index (χ1n) is 7.47. The number of hydroxylamine groups is 2. The van der Waals surface area contributed by atoms with Crippen molar-refractivity contribution in [2.75, 3.05) is 13.1 Å². The van der Waals surface area contributed by atoms with E-state index in [1.165, 1.54) is 0 Å². The van der Waals surface area contributed by atoms with Crippen LogP contribution in [0.15, 0.2) is 0 Å². The number of hydrogen-bond acceptors (Lipinski definition) is 6. The zero-order valence-corrected chi connectivity index (χ0v) is 13.6. The van der Waals surface area contributed by atoms with E-state index in [1.54, 1.807) is 20.8 Å². The van der Waals surface area contributed by atoms with Crippen LogP contribution in [0.4, 0.5) is 9.59 Å². The standard InChI is InChI=1S/C14H23N3O6/c1-14(2,3)22-12(20)15-8-4-5-9-16-13(21)23-17-10(18)6-7-11(17)19/h4-9H2,1-3H3,(H,15,20)(H,16,21). The summed E-state index contributed by atoms with van der Waals surface area (Å²) in [7, 11) is 0. The van der Waals surface area contributed by atoms with Gasteiger partial charge in [0, 0.05) is 25.9 Å². The molecule has 9 nitrogen and oxygen atoms in total. The monoisotopic (exact) mass is 329 g/mol. The smallest absolute Gasteiger partial charge is 0.432 e. The summed E-state index contributed by atoms with van der Waals surface area (Å²) in [6, 6.07) is 0. The van der Waals surface area contributed by atoms with Gasteiger partial charge in [0.1, 0.15) is 5.60 Å². The molecule has 1 rings (SSSR count). The third-order valence-corrected chi connectivity index (χ3v) is 2.72. The minimum atomic E-state index is -0.853. The molecule has 1 fully saturated rings. The largest absolute Gasteiger partial charge is 0.444 e. The minimum Gasteiger partial charge on any atom is -0.444 e. The maximum atomic E-state index is 11.4. The highest BCUT2D eigenvalue weighted by Gasteiger charge is 2.32. The van der Waals surface area contributed by atoms with Gasteiger partial charge in [-0.25, -0.2) is 9.59 Å². The summed E-state index contributed by atoms with van der Waals surface area (Å²) in [6.45, 7) is 6.04. The van der Waals surface area contributed by atoms with Gasteiger partial charge in [-0.2, -0.15) is 0 Å². The molecule has 0 aromatic heterocycles. The Hall–Kier alpha value is -2.32. The molecule has 1 saturated heterocycles. The summed E-state index contributed by atoms with van der Waals surface area (Å²) < 4.78 is 5.07. The normalized spacial score (nSPS) is 14.7. The molecule has 0 spiro atoms. The van der Waals surface area contributed by atoms with Crippen LogP contribution >= 0.6 is 0 Å². The van der Waals surface area contributed by atoms with Crippen LogP contribution in [0.2, 0.25) is 0 Å². The van der Waals surface area contributed by atoms with Gasteiger partial charge in [0.25, 0.3) is 11.8 Å². The molecule has 1 heterocycles. The zero-order valence-electron chi connectivity index (χ0n) is 13.6. The number of carbonyl (C=O) groups excluding carboxylic acids is 4. The molecule has 1 aliphatic heterocycles. The van der Waals surface area contributed by atoms with Crippen molar-refractivity contribution in [1.82, 2.24) is 15.7 Å². The van der Waals surface area contributed by atoms with Crippen molar-refractivity contribution in [2.24, 2.45) is 0 Å². The topological polar surface area (TPSA) is 114 Å². The predicted molar refractivity (Wildman–Crippen MR) is 79.0 cm³/mol.